The normalized spacial score (nSPS) is 10.3. The van der Waals surface area contributed by atoms with Gasteiger partial charge in [0.15, 0.2) is 0 Å². The number of halogens is 1. The maximum atomic E-state index is 6.08. The zero-order valence-electron chi connectivity index (χ0n) is 10.6. The summed E-state index contributed by atoms with van der Waals surface area (Å²) in [6.45, 7) is 2.34. The number of hydrazine groups is 1. The van der Waals surface area contributed by atoms with E-state index in [0.29, 0.717) is 23.3 Å². The Kier molecular flexibility index (Phi) is 4.54. The summed E-state index contributed by atoms with van der Waals surface area (Å²) in [6.07, 6.45) is 2.13. The highest BCUT2D eigenvalue weighted by molar-refractivity contribution is 6.31. The van der Waals surface area contributed by atoms with Crippen LogP contribution >= 0.6 is 11.6 Å². The Hall–Kier alpha value is -1.85. The lowest BCUT2D eigenvalue weighted by atomic mass is 10.2. The van der Waals surface area contributed by atoms with Gasteiger partial charge < -0.3 is 10.2 Å². The number of nitrogens with two attached hydrogens (primary N) is 1. The van der Waals surface area contributed by atoms with E-state index in [4.69, 9.17) is 22.2 Å². The summed E-state index contributed by atoms with van der Waals surface area (Å²) < 4.78 is 5.71. The van der Waals surface area contributed by atoms with Crippen LogP contribution in [-0.2, 0) is 13.0 Å². The maximum Gasteiger partial charge on any atom is 0.222 e. The average Bonchev–Trinajstić information content (AvgIpc) is 2.45. The number of hydrogen-bond acceptors (Lipinski definition) is 5. The van der Waals surface area contributed by atoms with E-state index in [1.807, 2.05) is 31.2 Å². The highest BCUT2D eigenvalue weighted by atomic mass is 35.5. The quantitative estimate of drug-likeness (QED) is 0.649. The van der Waals surface area contributed by atoms with Gasteiger partial charge in [-0.15, -0.1) is 0 Å². The van der Waals surface area contributed by atoms with Crippen molar-refractivity contribution in [3.05, 3.63) is 46.7 Å². The van der Waals surface area contributed by atoms with Crippen LogP contribution in [0.2, 0.25) is 5.02 Å². The summed E-state index contributed by atoms with van der Waals surface area (Å²) in [6, 6.07) is 7.54. The number of anilines is 1. The number of nitrogens with zero attached hydrogens (tertiary/aromatic N) is 2. The van der Waals surface area contributed by atoms with Crippen LogP contribution in [0.15, 0.2) is 30.6 Å². The molecule has 1 heterocycles. The molecule has 6 heteroatoms. The van der Waals surface area contributed by atoms with Crippen LogP contribution in [0, 0.1) is 0 Å². The molecule has 0 saturated heterocycles. The molecule has 0 bridgehead atoms. The minimum absolute atomic E-state index is 0.355. The van der Waals surface area contributed by atoms with Crippen LogP contribution in [0.25, 0.3) is 0 Å². The molecule has 0 aliphatic rings. The van der Waals surface area contributed by atoms with Gasteiger partial charge in [-0.25, -0.2) is 15.8 Å². The summed E-state index contributed by atoms with van der Waals surface area (Å²) in [5.41, 5.74) is 4.29. The molecule has 1 aromatic heterocycles. The van der Waals surface area contributed by atoms with Gasteiger partial charge in [0.05, 0.1) is 5.56 Å². The van der Waals surface area contributed by atoms with Crippen LogP contribution < -0.4 is 16.0 Å². The summed E-state index contributed by atoms with van der Waals surface area (Å²) in [4.78, 5) is 8.18. The first-order valence-corrected chi connectivity index (χ1v) is 6.30. The first-order chi connectivity index (χ1) is 9.26. The lowest BCUT2D eigenvalue weighted by molar-refractivity contribution is 0.290. The third-order valence-corrected chi connectivity index (χ3v) is 3.09. The molecule has 0 fully saturated rings. The predicted octanol–water partition coefficient (Wildman–Crippen LogP) is 2.56. The van der Waals surface area contributed by atoms with Crippen molar-refractivity contribution in [3.63, 3.8) is 0 Å². The molecule has 100 valence electrons. The average molecular weight is 279 g/mol. The largest absolute Gasteiger partial charge is 0.472 e. The Morgan fingerprint density at radius 3 is 2.79 bits per heavy atom. The van der Waals surface area contributed by atoms with E-state index < -0.39 is 0 Å². The van der Waals surface area contributed by atoms with E-state index in [0.717, 1.165) is 17.5 Å². The number of hydrogen-bond donors (Lipinski definition) is 2. The van der Waals surface area contributed by atoms with Gasteiger partial charge in [0.25, 0.3) is 0 Å². The molecule has 5 nitrogen and oxygen atoms in total. The van der Waals surface area contributed by atoms with Crippen LogP contribution in [0.4, 0.5) is 5.82 Å². The summed E-state index contributed by atoms with van der Waals surface area (Å²) >= 11 is 6.08. The van der Waals surface area contributed by atoms with Gasteiger partial charge in [-0.3, -0.25) is 0 Å². The Morgan fingerprint density at radius 1 is 1.32 bits per heavy atom. The van der Waals surface area contributed by atoms with Gasteiger partial charge in [-0.05, 0) is 12.5 Å². The summed E-state index contributed by atoms with van der Waals surface area (Å²) in [5, 5.41) is 0.673. The fourth-order valence-electron chi connectivity index (χ4n) is 1.73. The summed E-state index contributed by atoms with van der Waals surface area (Å²) in [7, 11) is 0. The number of aromatic nitrogens is 2. The molecule has 2 aromatic rings. The molecule has 1 aromatic carbocycles. The van der Waals surface area contributed by atoms with E-state index in [9.17, 15) is 0 Å². The van der Waals surface area contributed by atoms with E-state index in [-0.39, 0.29) is 0 Å². The van der Waals surface area contributed by atoms with Crippen molar-refractivity contribution in [2.45, 2.75) is 20.0 Å². The Balaban J connectivity index is 2.18. The Bertz CT molecular complexity index is 562. The Morgan fingerprint density at radius 2 is 2.11 bits per heavy atom. The van der Waals surface area contributed by atoms with Crippen molar-refractivity contribution in [1.29, 1.82) is 0 Å². The van der Waals surface area contributed by atoms with Gasteiger partial charge in [0.2, 0.25) is 5.88 Å². The zero-order chi connectivity index (χ0) is 13.7. The van der Waals surface area contributed by atoms with Gasteiger partial charge in [0.1, 0.15) is 18.8 Å². The van der Waals surface area contributed by atoms with Crippen LogP contribution in [-0.4, -0.2) is 9.97 Å². The molecule has 2 rings (SSSR count). The highest BCUT2D eigenvalue weighted by Gasteiger charge is 2.10. The van der Waals surface area contributed by atoms with Crippen LogP contribution in [0.3, 0.4) is 0 Å². The fourth-order valence-corrected chi connectivity index (χ4v) is 1.92. The molecule has 0 atom stereocenters. The molecule has 0 aliphatic heterocycles. The minimum atomic E-state index is 0.355. The standard InChI is InChI=1S/C13H15ClN4O/c1-2-10-12(18-15)16-8-17-13(10)19-7-9-5-3-4-6-11(9)14/h3-6,8H,2,7,15H2,1H3,(H,16,17,18). The third kappa shape index (κ3) is 3.13. The first kappa shape index (κ1) is 13.6. The zero-order valence-corrected chi connectivity index (χ0v) is 11.3. The lowest BCUT2D eigenvalue weighted by Crippen LogP contribution is -2.12. The number of nitrogens with one attached hydrogen (secondary N) is 1. The topological polar surface area (TPSA) is 73.1 Å². The molecule has 19 heavy (non-hydrogen) atoms. The van der Waals surface area contributed by atoms with Crippen molar-refractivity contribution in [2.75, 3.05) is 5.43 Å². The van der Waals surface area contributed by atoms with E-state index in [1.165, 1.54) is 6.33 Å². The molecule has 0 radical (unpaired) electrons. The van der Waals surface area contributed by atoms with Gasteiger partial charge in [-0.2, -0.15) is 0 Å². The second-order valence-corrected chi connectivity index (χ2v) is 4.29. The van der Waals surface area contributed by atoms with E-state index in [1.54, 1.807) is 0 Å². The van der Waals surface area contributed by atoms with Crippen molar-refractivity contribution in [1.82, 2.24) is 9.97 Å². The number of nitrogen functional groups attached to an aromatic ring is 1. The Labute approximate surface area is 116 Å². The molecule has 3 N–H and O–H groups in total. The fraction of sp³-hybridized carbons (Fsp3) is 0.231. The van der Waals surface area contributed by atoms with Crippen molar-refractivity contribution in [2.24, 2.45) is 5.84 Å². The molecular formula is C13H15ClN4O. The van der Waals surface area contributed by atoms with Gasteiger partial charge >= 0.3 is 0 Å². The van der Waals surface area contributed by atoms with Crippen LogP contribution in [0.1, 0.15) is 18.1 Å². The van der Waals surface area contributed by atoms with E-state index in [2.05, 4.69) is 15.4 Å². The van der Waals surface area contributed by atoms with Crippen molar-refractivity contribution < 1.29 is 4.74 Å². The smallest absolute Gasteiger partial charge is 0.222 e. The van der Waals surface area contributed by atoms with Gasteiger partial charge in [0, 0.05) is 10.6 Å². The number of ether oxygens (including phenoxy) is 1. The molecule has 0 aliphatic carbocycles. The number of benzene rings is 1. The second-order valence-electron chi connectivity index (χ2n) is 3.88. The summed E-state index contributed by atoms with van der Waals surface area (Å²) in [5.74, 6) is 6.50. The molecule has 0 saturated carbocycles. The SMILES string of the molecule is CCc1c(NN)ncnc1OCc1ccccc1Cl. The first-order valence-electron chi connectivity index (χ1n) is 5.93. The molecular weight excluding hydrogens is 264 g/mol. The highest BCUT2D eigenvalue weighted by Crippen LogP contribution is 2.23. The minimum Gasteiger partial charge on any atom is -0.472 e. The predicted molar refractivity (Wildman–Crippen MR) is 75.0 cm³/mol. The molecule has 0 spiro atoms. The van der Waals surface area contributed by atoms with Gasteiger partial charge in [-0.1, -0.05) is 36.7 Å². The second kappa shape index (κ2) is 6.36. The number of rotatable bonds is 5. The molecule has 0 amide bonds. The third-order valence-electron chi connectivity index (χ3n) is 2.72. The van der Waals surface area contributed by atoms with Crippen molar-refractivity contribution >= 4 is 17.4 Å². The lowest BCUT2D eigenvalue weighted by Gasteiger charge is -2.12. The van der Waals surface area contributed by atoms with E-state index >= 15 is 0 Å². The van der Waals surface area contributed by atoms with Crippen molar-refractivity contribution in [3.8, 4) is 5.88 Å². The molecule has 0 unspecified atom stereocenters. The van der Waals surface area contributed by atoms with Crippen LogP contribution in [0.5, 0.6) is 5.88 Å². The maximum absolute atomic E-state index is 6.08. The monoisotopic (exact) mass is 278 g/mol.